The van der Waals surface area contributed by atoms with Gasteiger partial charge in [-0.25, -0.2) is 0 Å². The third kappa shape index (κ3) is 3.27. The number of amides is 1. The van der Waals surface area contributed by atoms with Gasteiger partial charge in [0.2, 0.25) is 0 Å². The molecule has 1 N–H and O–H groups in total. The molecule has 0 aliphatic carbocycles. The number of carbonyl (C=O) groups is 1. The molecule has 0 aromatic heterocycles. The Labute approximate surface area is 116 Å². The van der Waals surface area contributed by atoms with Gasteiger partial charge in [0.25, 0.3) is 5.91 Å². The van der Waals surface area contributed by atoms with Gasteiger partial charge in [0.05, 0.1) is 11.1 Å². The maximum Gasteiger partial charge on any atom is 0.416 e. The highest BCUT2D eigenvalue weighted by molar-refractivity contribution is 9.10. The molecule has 0 bridgehead atoms. The quantitative estimate of drug-likeness (QED) is 0.854. The molecule has 1 fully saturated rings. The minimum Gasteiger partial charge on any atom is -0.336 e. The van der Waals surface area contributed by atoms with Gasteiger partial charge in [-0.1, -0.05) is 0 Å². The Morgan fingerprint density at radius 1 is 1.26 bits per heavy atom. The molecule has 7 heteroatoms. The molecule has 2 rings (SSSR count). The van der Waals surface area contributed by atoms with E-state index in [0.29, 0.717) is 30.7 Å². The van der Waals surface area contributed by atoms with Crippen molar-refractivity contribution in [3.8, 4) is 0 Å². The van der Waals surface area contributed by atoms with E-state index in [2.05, 4.69) is 21.2 Å². The number of hydrogen-bond donors (Lipinski definition) is 1. The van der Waals surface area contributed by atoms with E-state index >= 15 is 0 Å². The fourth-order valence-electron chi connectivity index (χ4n) is 1.90. The lowest BCUT2D eigenvalue weighted by Crippen LogP contribution is -2.46. The molecule has 1 aliphatic heterocycles. The van der Waals surface area contributed by atoms with Crippen LogP contribution in [0.25, 0.3) is 0 Å². The highest BCUT2D eigenvalue weighted by Crippen LogP contribution is 2.32. The maximum atomic E-state index is 12.7. The summed E-state index contributed by atoms with van der Waals surface area (Å²) >= 11 is 3.13. The van der Waals surface area contributed by atoms with Crippen molar-refractivity contribution in [3.63, 3.8) is 0 Å². The average molecular weight is 337 g/mol. The van der Waals surface area contributed by atoms with Gasteiger partial charge >= 0.3 is 6.18 Å². The second kappa shape index (κ2) is 5.50. The fourth-order valence-corrected chi connectivity index (χ4v) is 2.32. The van der Waals surface area contributed by atoms with Crippen molar-refractivity contribution >= 4 is 21.8 Å². The van der Waals surface area contributed by atoms with Crippen LogP contribution in [0.1, 0.15) is 15.9 Å². The van der Waals surface area contributed by atoms with Crippen LogP contribution in [0.4, 0.5) is 13.2 Å². The first kappa shape index (κ1) is 14.3. The van der Waals surface area contributed by atoms with Crippen molar-refractivity contribution in [1.82, 2.24) is 10.2 Å². The summed E-state index contributed by atoms with van der Waals surface area (Å²) in [5, 5.41) is 3.09. The van der Waals surface area contributed by atoms with E-state index in [4.69, 9.17) is 0 Å². The van der Waals surface area contributed by atoms with Crippen molar-refractivity contribution in [2.45, 2.75) is 6.18 Å². The van der Waals surface area contributed by atoms with Gasteiger partial charge in [-0.05, 0) is 34.1 Å². The lowest BCUT2D eigenvalue weighted by atomic mass is 10.1. The van der Waals surface area contributed by atoms with Crippen LogP contribution < -0.4 is 5.32 Å². The van der Waals surface area contributed by atoms with E-state index in [1.807, 2.05) is 0 Å². The summed E-state index contributed by atoms with van der Waals surface area (Å²) in [5.41, 5.74) is -0.758. The Kier molecular flexibility index (Phi) is 4.15. The Morgan fingerprint density at radius 2 is 1.89 bits per heavy atom. The molecule has 1 saturated heterocycles. The third-order valence-electron chi connectivity index (χ3n) is 2.93. The molecule has 19 heavy (non-hydrogen) atoms. The summed E-state index contributed by atoms with van der Waals surface area (Å²) in [6.45, 7) is 2.31. The van der Waals surface area contributed by atoms with Gasteiger partial charge < -0.3 is 10.2 Å². The van der Waals surface area contributed by atoms with Crippen molar-refractivity contribution < 1.29 is 18.0 Å². The summed E-state index contributed by atoms with van der Waals surface area (Å²) in [4.78, 5) is 13.8. The van der Waals surface area contributed by atoms with Crippen molar-refractivity contribution in [1.29, 1.82) is 0 Å². The fraction of sp³-hybridized carbons (Fsp3) is 0.417. The largest absolute Gasteiger partial charge is 0.416 e. The molecular weight excluding hydrogens is 325 g/mol. The second-order valence-corrected chi connectivity index (χ2v) is 5.09. The Balaban J connectivity index is 2.30. The van der Waals surface area contributed by atoms with Gasteiger partial charge in [0, 0.05) is 30.7 Å². The SMILES string of the molecule is O=C(c1cc(C(F)(F)F)ccc1Br)N1CCNCC1. The zero-order chi connectivity index (χ0) is 14.0. The van der Waals surface area contributed by atoms with Crippen molar-refractivity contribution in [2.75, 3.05) is 26.2 Å². The highest BCUT2D eigenvalue weighted by Gasteiger charge is 2.32. The Bertz CT molecular complexity index is 484. The number of rotatable bonds is 1. The molecule has 3 nitrogen and oxygen atoms in total. The van der Waals surface area contributed by atoms with Crippen LogP contribution in [0.5, 0.6) is 0 Å². The molecular formula is C12H12BrF3N2O. The van der Waals surface area contributed by atoms with E-state index < -0.39 is 11.7 Å². The first-order valence-electron chi connectivity index (χ1n) is 5.76. The first-order chi connectivity index (χ1) is 8.89. The molecule has 1 aliphatic rings. The lowest BCUT2D eigenvalue weighted by molar-refractivity contribution is -0.137. The van der Waals surface area contributed by atoms with Gasteiger partial charge in [-0.3, -0.25) is 4.79 Å². The van der Waals surface area contributed by atoms with E-state index in [1.54, 1.807) is 4.90 Å². The Hall–Kier alpha value is -1.08. The molecule has 1 aromatic carbocycles. The average Bonchev–Trinajstić information content (AvgIpc) is 2.38. The maximum absolute atomic E-state index is 12.7. The Morgan fingerprint density at radius 3 is 2.47 bits per heavy atom. The lowest BCUT2D eigenvalue weighted by Gasteiger charge is -2.28. The van der Waals surface area contributed by atoms with Crippen molar-refractivity contribution in [3.05, 3.63) is 33.8 Å². The van der Waals surface area contributed by atoms with Crippen LogP contribution in [0, 0.1) is 0 Å². The van der Waals surface area contributed by atoms with Crippen LogP contribution in [0.3, 0.4) is 0 Å². The van der Waals surface area contributed by atoms with E-state index in [1.165, 1.54) is 6.07 Å². The number of piperazine rings is 1. The molecule has 0 atom stereocenters. The van der Waals surface area contributed by atoms with Crippen LogP contribution in [0.15, 0.2) is 22.7 Å². The number of nitrogens with zero attached hydrogens (tertiary/aromatic N) is 1. The minimum absolute atomic E-state index is 0.0525. The van der Waals surface area contributed by atoms with Gasteiger partial charge in [-0.15, -0.1) is 0 Å². The molecule has 1 aromatic rings. The van der Waals surface area contributed by atoms with Crippen LogP contribution in [-0.4, -0.2) is 37.0 Å². The van der Waals surface area contributed by atoms with E-state index in [0.717, 1.165) is 12.1 Å². The predicted molar refractivity (Wildman–Crippen MR) is 67.9 cm³/mol. The third-order valence-corrected chi connectivity index (χ3v) is 3.62. The van der Waals surface area contributed by atoms with Crippen LogP contribution >= 0.6 is 15.9 Å². The number of hydrogen-bond acceptors (Lipinski definition) is 2. The number of carbonyl (C=O) groups excluding carboxylic acids is 1. The van der Waals surface area contributed by atoms with Crippen LogP contribution in [0.2, 0.25) is 0 Å². The van der Waals surface area contributed by atoms with Gasteiger partial charge in [-0.2, -0.15) is 13.2 Å². The highest BCUT2D eigenvalue weighted by atomic mass is 79.9. The number of nitrogens with one attached hydrogen (secondary N) is 1. The first-order valence-corrected chi connectivity index (χ1v) is 6.55. The summed E-state index contributed by atoms with van der Waals surface area (Å²) < 4.78 is 38.3. The molecule has 0 saturated carbocycles. The smallest absolute Gasteiger partial charge is 0.336 e. The monoisotopic (exact) mass is 336 g/mol. The topological polar surface area (TPSA) is 32.3 Å². The zero-order valence-corrected chi connectivity index (χ0v) is 11.5. The normalized spacial score (nSPS) is 16.5. The molecule has 1 heterocycles. The molecule has 104 valence electrons. The predicted octanol–water partition coefficient (Wildman–Crippen LogP) is 2.51. The second-order valence-electron chi connectivity index (χ2n) is 4.23. The van der Waals surface area contributed by atoms with Crippen LogP contribution in [-0.2, 0) is 6.18 Å². The van der Waals surface area contributed by atoms with E-state index in [-0.39, 0.29) is 11.5 Å². The molecule has 0 unspecified atom stereocenters. The van der Waals surface area contributed by atoms with Crippen molar-refractivity contribution in [2.24, 2.45) is 0 Å². The minimum atomic E-state index is -4.45. The molecule has 1 amide bonds. The summed E-state index contributed by atoms with van der Waals surface area (Å²) in [5.74, 6) is -0.375. The van der Waals surface area contributed by atoms with E-state index in [9.17, 15) is 18.0 Å². The standard InChI is InChI=1S/C12H12BrF3N2O/c13-10-2-1-8(12(14,15)16)7-9(10)11(19)18-5-3-17-4-6-18/h1-2,7,17H,3-6H2. The van der Waals surface area contributed by atoms with Gasteiger partial charge in [0.15, 0.2) is 0 Å². The summed E-state index contributed by atoms with van der Waals surface area (Å²) in [6, 6.07) is 3.12. The number of benzene rings is 1. The molecule has 0 spiro atoms. The molecule has 0 radical (unpaired) electrons. The summed E-state index contributed by atoms with van der Waals surface area (Å²) in [7, 11) is 0. The van der Waals surface area contributed by atoms with Gasteiger partial charge in [0.1, 0.15) is 0 Å². The number of alkyl halides is 3. The number of halogens is 4. The summed E-state index contributed by atoms with van der Waals surface area (Å²) in [6.07, 6.45) is -4.45. The zero-order valence-electron chi connectivity index (χ0n) is 9.93.